The number of sulfonamides is 1. The van der Waals surface area contributed by atoms with Crippen LogP contribution in [0.5, 0.6) is 0 Å². The van der Waals surface area contributed by atoms with Crippen LogP contribution in [0.3, 0.4) is 0 Å². The summed E-state index contributed by atoms with van der Waals surface area (Å²) < 4.78 is 23.7. The lowest BCUT2D eigenvalue weighted by molar-refractivity contribution is -0.119. The number of carbonyl (C=O) groups is 1. The van der Waals surface area contributed by atoms with Crippen molar-refractivity contribution in [2.24, 2.45) is 0 Å². The van der Waals surface area contributed by atoms with E-state index in [9.17, 15) is 18.3 Å². The van der Waals surface area contributed by atoms with E-state index in [-0.39, 0.29) is 12.5 Å². The molecular weight excluding hydrogens is 362 g/mol. The Balaban J connectivity index is 3.65. The first-order valence-corrected chi connectivity index (χ1v) is 11.5. The van der Waals surface area contributed by atoms with Gasteiger partial charge in [-0.25, -0.2) is 8.42 Å². The van der Waals surface area contributed by atoms with Crippen LogP contribution in [0.2, 0.25) is 0 Å². The zero-order valence-electron chi connectivity index (χ0n) is 16.6. The SMILES string of the molecule is CCCCC(O)/C=C\C/C=C\C/C=C\C/C=C\CCCC(=O)NS(C)(=O)=O. The van der Waals surface area contributed by atoms with Crippen LogP contribution < -0.4 is 4.72 Å². The van der Waals surface area contributed by atoms with Crippen molar-refractivity contribution in [1.29, 1.82) is 0 Å². The number of rotatable bonds is 15. The van der Waals surface area contributed by atoms with Gasteiger partial charge in [0.1, 0.15) is 0 Å². The minimum absolute atomic E-state index is 0.210. The monoisotopic (exact) mass is 397 g/mol. The Morgan fingerprint density at radius 3 is 2.07 bits per heavy atom. The number of carbonyl (C=O) groups excluding carboxylic acids is 1. The van der Waals surface area contributed by atoms with Crippen molar-refractivity contribution in [3.8, 4) is 0 Å². The number of hydrogen-bond donors (Lipinski definition) is 2. The Hall–Kier alpha value is -1.66. The van der Waals surface area contributed by atoms with Crippen molar-refractivity contribution in [3.05, 3.63) is 48.6 Å². The van der Waals surface area contributed by atoms with Gasteiger partial charge >= 0.3 is 0 Å². The van der Waals surface area contributed by atoms with Crippen LogP contribution in [-0.2, 0) is 14.8 Å². The van der Waals surface area contributed by atoms with Crippen LogP contribution in [0.4, 0.5) is 0 Å². The highest BCUT2D eigenvalue weighted by Crippen LogP contribution is 2.02. The van der Waals surface area contributed by atoms with Gasteiger partial charge in [0.2, 0.25) is 15.9 Å². The van der Waals surface area contributed by atoms with Gasteiger partial charge in [-0.2, -0.15) is 0 Å². The molecule has 0 radical (unpaired) electrons. The van der Waals surface area contributed by atoms with E-state index in [2.05, 4.69) is 31.2 Å². The van der Waals surface area contributed by atoms with Crippen LogP contribution in [0.15, 0.2) is 48.6 Å². The molecule has 0 aliphatic heterocycles. The zero-order valence-corrected chi connectivity index (χ0v) is 17.5. The lowest BCUT2D eigenvalue weighted by Crippen LogP contribution is -2.28. The largest absolute Gasteiger partial charge is 0.389 e. The number of hydrogen-bond acceptors (Lipinski definition) is 4. The Labute approximate surface area is 165 Å². The van der Waals surface area contributed by atoms with Crippen LogP contribution in [-0.4, -0.2) is 31.8 Å². The topological polar surface area (TPSA) is 83.5 Å². The molecule has 0 aromatic heterocycles. The van der Waals surface area contributed by atoms with Gasteiger partial charge in [-0.1, -0.05) is 68.4 Å². The van der Waals surface area contributed by atoms with E-state index in [0.29, 0.717) is 6.42 Å². The molecule has 6 heteroatoms. The molecule has 0 saturated heterocycles. The highest BCUT2D eigenvalue weighted by atomic mass is 32.2. The van der Waals surface area contributed by atoms with Gasteiger partial charge in [0.15, 0.2) is 0 Å². The van der Waals surface area contributed by atoms with Crippen molar-refractivity contribution in [1.82, 2.24) is 4.72 Å². The van der Waals surface area contributed by atoms with E-state index in [1.54, 1.807) is 0 Å². The van der Waals surface area contributed by atoms with E-state index in [4.69, 9.17) is 0 Å². The molecule has 0 aromatic carbocycles. The van der Waals surface area contributed by atoms with E-state index in [1.165, 1.54) is 0 Å². The summed E-state index contributed by atoms with van der Waals surface area (Å²) in [6.45, 7) is 2.12. The third-order valence-electron chi connectivity index (χ3n) is 3.60. The van der Waals surface area contributed by atoms with E-state index < -0.39 is 15.9 Å². The lowest BCUT2D eigenvalue weighted by atomic mass is 10.1. The predicted molar refractivity (Wildman–Crippen MR) is 113 cm³/mol. The summed E-state index contributed by atoms with van der Waals surface area (Å²) in [5.41, 5.74) is 0. The second-order valence-corrected chi connectivity index (χ2v) is 8.20. The second-order valence-electron chi connectivity index (χ2n) is 6.45. The maximum absolute atomic E-state index is 11.3. The molecule has 0 aliphatic rings. The highest BCUT2D eigenvalue weighted by molar-refractivity contribution is 7.89. The van der Waals surface area contributed by atoms with Gasteiger partial charge in [0, 0.05) is 6.42 Å². The molecular formula is C21H35NO4S. The molecule has 1 amide bonds. The summed E-state index contributed by atoms with van der Waals surface area (Å²) in [7, 11) is -3.45. The quantitative estimate of drug-likeness (QED) is 0.321. The Morgan fingerprint density at radius 1 is 0.963 bits per heavy atom. The normalized spacial score (nSPS) is 14.0. The van der Waals surface area contributed by atoms with Crippen molar-refractivity contribution in [3.63, 3.8) is 0 Å². The number of aliphatic hydroxyl groups excluding tert-OH is 1. The fourth-order valence-corrected chi connectivity index (χ4v) is 2.73. The van der Waals surface area contributed by atoms with Crippen molar-refractivity contribution in [2.45, 2.75) is 70.8 Å². The highest BCUT2D eigenvalue weighted by Gasteiger charge is 2.06. The summed E-state index contributed by atoms with van der Waals surface area (Å²) in [5.74, 6) is -0.456. The average Bonchev–Trinajstić information content (AvgIpc) is 2.58. The number of aliphatic hydroxyl groups is 1. The number of amides is 1. The molecule has 0 rings (SSSR count). The second kappa shape index (κ2) is 16.5. The van der Waals surface area contributed by atoms with Crippen molar-refractivity contribution >= 4 is 15.9 Å². The fraction of sp³-hybridized carbons (Fsp3) is 0.571. The molecule has 5 nitrogen and oxygen atoms in total. The molecule has 1 unspecified atom stereocenters. The summed E-state index contributed by atoms with van der Waals surface area (Å²) >= 11 is 0. The molecule has 0 aromatic rings. The van der Waals surface area contributed by atoms with Gasteiger partial charge in [0.05, 0.1) is 12.4 Å². The first-order chi connectivity index (χ1) is 12.8. The lowest BCUT2D eigenvalue weighted by Gasteiger charge is -2.02. The maximum atomic E-state index is 11.3. The van der Waals surface area contributed by atoms with Crippen molar-refractivity contribution in [2.75, 3.05) is 6.26 Å². The molecule has 0 fully saturated rings. The van der Waals surface area contributed by atoms with Gasteiger partial charge in [-0.15, -0.1) is 0 Å². The molecule has 154 valence electrons. The minimum Gasteiger partial charge on any atom is -0.389 e. The Kier molecular flexibility index (Phi) is 15.5. The summed E-state index contributed by atoms with van der Waals surface area (Å²) in [6.07, 6.45) is 24.1. The molecule has 0 spiro atoms. The van der Waals surface area contributed by atoms with E-state index in [0.717, 1.165) is 51.2 Å². The molecule has 0 bridgehead atoms. The Morgan fingerprint density at radius 2 is 1.52 bits per heavy atom. The smallest absolute Gasteiger partial charge is 0.233 e. The summed E-state index contributed by atoms with van der Waals surface area (Å²) in [4.78, 5) is 11.3. The third kappa shape index (κ3) is 20.5. The molecule has 1 atom stereocenters. The Bertz CT molecular complexity index is 604. The molecule has 2 N–H and O–H groups in total. The van der Waals surface area contributed by atoms with Gasteiger partial charge in [-0.05, 0) is 38.5 Å². The number of nitrogens with one attached hydrogen (secondary N) is 1. The zero-order chi connectivity index (χ0) is 20.4. The summed E-state index contributed by atoms with van der Waals surface area (Å²) in [6, 6.07) is 0. The van der Waals surface area contributed by atoms with E-state index in [1.807, 2.05) is 29.0 Å². The van der Waals surface area contributed by atoms with Crippen LogP contribution in [0.1, 0.15) is 64.7 Å². The standard InChI is InChI=1S/C21H35NO4S/c1-3-4-17-20(23)18-15-13-11-9-7-5-6-8-10-12-14-16-19-21(24)22-27(2,25)26/h5-6,9-12,15,18,20,23H,3-4,7-8,13-14,16-17,19H2,1-2H3,(H,22,24)/b6-5-,11-9-,12-10-,18-15-. The molecule has 0 heterocycles. The first-order valence-electron chi connectivity index (χ1n) is 9.65. The van der Waals surface area contributed by atoms with Gasteiger partial charge < -0.3 is 5.11 Å². The average molecular weight is 398 g/mol. The fourth-order valence-electron chi connectivity index (χ4n) is 2.22. The number of allylic oxidation sites excluding steroid dienone is 7. The molecule has 27 heavy (non-hydrogen) atoms. The first kappa shape index (κ1) is 25.3. The number of unbranched alkanes of at least 4 members (excludes halogenated alkanes) is 2. The van der Waals surface area contributed by atoms with Crippen LogP contribution in [0.25, 0.3) is 0 Å². The van der Waals surface area contributed by atoms with Crippen molar-refractivity contribution < 1.29 is 18.3 Å². The van der Waals surface area contributed by atoms with Crippen LogP contribution >= 0.6 is 0 Å². The third-order valence-corrected chi connectivity index (χ3v) is 4.20. The molecule has 0 aliphatic carbocycles. The van der Waals surface area contributed by atoms with Crippen LogP contribution in [0, 0.1) is 0 Å². The molecule has 0 saturated carbocycles. The summed E-state index contributed by atoms with van der Waals surface area (Å²) in [5, 5.41) is 9.66. The minimum atomic E-state index is -3.45. The maximum Gasteiger partial charge on any atom is 0.233 e. The van der Waals surface area contributed by atoms with E-state index >= 15 is 0 Å². The van der Waals surface area contributed by atoms with Gasteiger partial charge in [-0.3, -0.25) is 9.52 Å². The van der Waals surface area contributed by atoms with Gasteiger partial charge in [0.25, 0.3) is 0 Å². The predicted octanol–water partition coefficient (Wildman–Crippen LogP) is 4.18.